The largest absolute Gasteiger partial charge is 0.330 e. The van der Waals surface area contributed by atoms with Crippen molar-refractivity contribution in [3.8, 4) is 29.4 Å². The van der Waals surface area contributed by atoms with E-state index in [9.17, 15) is 0 Å². The molecule has 7 rings (SSSR count). The van der Waals surface area contributed by atoms with Gasteiger partial charge < -0.3 is 4.90 Å². The normalized spacial score (nSPS) is 19.9. The highest BCUT2D eigenvalue weighted by molar-refractivity contribution is 6.11. The Morgan fingerprint density at radius 3 is 2.58 bits per heavy atom. The summed E-state index contributed by atoms with van der Waals surface area (Å²) in [5.74, 6) is 3.87. The molecule has 0 N–H and O–H groups in total. The summed E-state index contributed by atoms with van der Waals surface area (Å²) in [4.78, 5) is 7.56. The summed E-state index contributed by atoms with van der Waals surface area (Å²) in [6.45, 7) is 4.33. The van der Waals surface area contributed by atoms with E-state index in [4.69, 9.17) is 11.4 Å². The predicted octanol–water partition coefficient (Wildman–Crippen LogP) is 8.73. The second-order valence-electron chi connectivity index (χ2n) is 10.5. The van der Waals surface area contributed by atoms with Gasteiger partial charge in [0.15, 0.2) is 0 Å². The first-order valence-corrected chi connectivity index (χ1v) is 13.7. The van der Waals surface area contributed by atoms with Crippen LogP contribution < -0.4 is 4.90 Å². The van der Waals surface area contributed by atoms with Crippen molar-refractivity contribution in [3.63, 3.8) is 0 Å². The summed E-state index contributed by atoms with van der Waals surface area (Å²) < 4.78 is 2.30. The van der Waals surface area contributed by atoms with E-state index in [-0.39, 0.29) is 11.5 Å². The highest BCUT2D eigenvalue weighted by Crippen LogP contribution is 2.54. The van der Waals surface area contributed by atoms with Crippen molar-refractivity contribution in [2.45, 2.75) is 25.3 Å². The van der Waals surface area contributed by atoms with Crippen LogP contribution in [-0.4, -0.2) is 15.1 Å². The van der Waals surface area contributed by atoms with Gasteiger partial charge in [0.25, 0.3) is 0 Å². The molecule has 0 fully saturated rings. The van der Waals surface area contributed by atoms with Crippen molar-refractivity contribution < 1.29 is 0 Å². The van der Waals surface area contributed by atoms with E-state index >= 15 is 0 Å². The number of anilines is 1. The number of pyridine rings is 1. The molecule has 5 aromatic rings. The average molecular weight is 516 g/mol. The second kappa shape index (κ2) is 9.29. The monoisotopic (exact) mass is 515 g/mol. The Bertz CT molecular complexity index is 1940. The average Bonchev–Trinajstić information content (AvgIpc) is 3.44. The molecule has 0 bridgehead atoms. The van der Waals surface area contributed by atoms with Crippen LogP contribution in [0.5, 0.6) is 0 Å². The lowest BCUT2D eigenvalue weighted by molar-refractivity contribution is 0.531. The van der Waals surface area contributed by atoms with Gasteiger partial charge in [-0.05, 0) is 55.8 Å². The third kappa shape index (κ3) is 3.50. The van der Waals surface area contributed by atoms with Crippen LogP contribution in [0.1, 0.15) is 25.3 Å². The molecule has 3 heterocycles. The summed E-state index contributed by atoms with van der Waals surface area (Å²) in [5, 5.41) is 2.44. The number of aromatic nitrogens is 2. The van der Waals surface area contributed by atoms with Gasteiger partial charge in [-0.3, -0.25) is 4.57 Å². The van der Waals surface area contributed by atoms with E-state index in [1.54, 1.807) is 0 Å². The van der Waals surface area contributed by atoms with Crippen LogP contribution in [0.25, 0.3) is 38.9 Å². The van der Waals surface area contributed by atoms with E-state index in [0.717, 1.165) is 33.8 Å². The fourth-order valence-electron chi connectivity index (χ4n) is 6.50. The van der Waals surface area contributed by atoms with Crippen LogP contribution >= 0.6 is 0 Å². The molecule has 3 aromatic carbocycles. The topological polar surface area (TPSA) is 21.1 Å². The fourth-order valence-corrected chi connectivity index (χ4v) is 6.50. The zero-order valence-corrected chi connectivity index (χ0v) is 22.6. The molecule has 2 unspecified atom stereocenters. The van der Waals surface area contributed by atoms with Crippen LogP contribution in [0.2, 0.25) is 0 Å². The number of rotatable bonds is 4. The Balaban J connectivity index is 1.53. The molecule has 2 aliphatic rings. The molecule has 40 heavy (non-hydrogen) atoms. The van der Waals surface area contributed by atoms with Crippen LogP contribution in [0, 0.1) is 12.3 Å². The Hall–Kier alpha value is -5.07. The first-order valence-electron chi connectivity index (χ1n) is 13.7. The molecule has 0 spiro atoms. The van der Waals surface area contributed by atoms with Gasteiger partial charge in [-0.25, -0.2) is 4.98 Å². The lowest BCUT2D eigenvalue weighted by atomic mass is 9.80. The van der Waals surface area contributed by atoms with Gasteiger partial charge in [-0.1, -0.05) is 90.9 Å². The van der Waals surface area contributed by atoms with Gasteiger partial charge in [-0.2, -0.15) is 0 Å². The van der Waals surface area contributed by atoms with E-state index in [2.05, 4.69) is 138 Å². The van der Waals surface area contributed by atoms with Crippen molar-refractivity contribution >= 4 is 27.5 Å². The Kier molecular flexibility index (Phi) is 5.58. The minimum absolute atomic E-state index is 0.199. The summed E-state index contributed by atoms with van der Waals surface area (Å²) in [6.07, 6.45) is 20.8. The number of benzene rings is 3. The molecule has 3 nitrogen and oxygen atoms in total. The van der Waals surface area contributed by atoms with E-state index in [1.807, 2.05) is 19.1 Å². The smallest absolute Gasteiger partial charge is 0.138 e. The molecule has 0 saturated carbocycles. The molecule has 0 saturated heterocycles. The first kappa shape index (κ1) is 24.0. The zero-order chi connectivity index (χ0) is 27.3. The van der Waals surface area contributed by atoms with E-state index < -0.39 is 0 Å². The molecule has 2 atom stereocenters. The van der Waals surface area contributed by atoms with Crippen LogP contribution in [0.4, 0.5) is 5.69 Å². The lowest BCUT2D eigenvalue weighted by Crippen LogP contribution is -2.44. The number of hydrogen-bond donors (Lipinski definition) is 0. The Morgan fingerprint density at radius 1 is 0.925 bits per heavy atom. The minimum Gasteiger partial charge on any atom is -0.330 e. The highest BCUT2D eigenvalue weighted by atomic mass is 15.2. The zero-order valence-electron chi connectivity index (χ0n) is 22.6. The number of fused-ring (bicyclic) bond motifs is 6. The van der Waals surface area contributed by atoms with Gasteiger partial charge >= 0.3 is 0 Å². The van der Waals surface area contributed by atoms with Crippen LogP contribution in [0.15, 0.2) is 133 Å². The standard InChI is InChI=1S/C37H29N3/c1-4-14-27(15-5-2)40-35-25-34-29(24-30(35)31-19-11-12-23-37(31,40)3)28-18-9-10-21-33(28)39(34)36-22-13-20-32(38-36)26-16-7-6-8-17-26/h1,5-25,31H,2-3H3/b15-5-,27-14+. The summed E-state index contributed by atoms with van der Waals surface area (Å²) in [6, 6.07) is 30.0. The maximum Gasteiger partial charge on any atom is 0.138 e. The first-order chi connectivity index (χ1) is 19.6. The van der Waals surface area contributed by atoms with Crippen molar-refractivity contribution in [1.29, 1.82) is 0 Å². The second-order valence-corrected chi connectivity index (χ2v) is 10.5. The summed E-state index contributed by atoms with van der Waals surface area (Å²) >= 11 is 0. The molecule has 3 heteroatoms. The molecule has 1 aliphatic carbocycles. The molecule has 0 radical (unpaired) electrons. The number of hydrogen-bond acceptors (Lipinski definition) is 2. The number of nitrogens with zero attached hydrogens (tertiary/aromatic N) is 3. The highest BCUT2D eigenvalue weighted by Gasteiger charge is 2.47. The SMILES string of the molecule is C#C/C=C(\C=C/C)N1c2cc3c(cc2C2C=CC=CC21C)c1ccccc1n3-c1cccc(-c2ccccc2)n1. The Labute approximate surface area is 235 Å². The predicted molar refractivity (Wildman–Crippen MR) is 168 cm³/mol. The van der Waals surface area contributed by atoms with Gasteiger partial charge in [0.1, 0.15) is 5.82 Å². The fraction of sp³-hybridized carbons (Fsp3) is 0.108. The minimum atomic E-state index is -0.274. The van der Waals surface area contributed by atoms with Crippen LogP contribution in [-0.2, 0) is 0 Å². The maximum atomic E-state index is 5.83. The number of allylic oxidation sites excluding steroid dienone is 5. The van der Waals surface area contributed by atoms with Gasteiger partial charge in [0, 0.05) is 39.7 Å². The molecule has 1 aliphatic heterocycles. The van der Waals surface area contributed by atoms with E-state index in [1.165, 1.54) is 22.0 Å². The molecular formula is C37H29N3. The summed E-state index contributed by atoms with van der Waals surface area (Å²) in [7, 11) is 0. The van der Waals surface area contributed by atoms with Gasteiger partial charge in [-0.15, -0.1) is 6.42 Å². The number of terminal acetylenes is 1. The van der Waals surface area contributed by atoms with Crippen molar-refractivity contribution in [1.82, 2.24) is 9.55 Å². The maximum absolute atomic E-state index is 5.83. The quantitative estimate of drug-likeness (QED) is 0.176. The summed E-state index contributed by atoms with van der Waals surface area (Å²) in [5.41, 5.74) is 7.51. The van der Waals surface area contributed by atoms with Gasteiger partial charge in [0.2, 0.25) is 0 Å². The van der Waals surface area contributed by atoms with E-state index in [0.29, 0.717) is 0 Å². The van der Waals surface area contributed by atoms with Crippen molar-refractivity contribution in [2.75, 3.05) is 4.90 Å². The number of para-hydroxylation sites is 1. The van der Waals surface area contributed by atoms with Crippen molar-refractivity contribution in [2.24, 2.45) is 0 Å². The molecular weight excluding hydrogens is 486 g/mol. The Morgan fingerprint density at radius 2 is 1.75 bits per heavy atom. The van der Waals surface area contributed by atoms with Gasteiger partial charge in [0.05, 0.1) is 22.3 Å². The molecule has 0 amide bonds. The third-order valence-corrected chi connectivity index (χ3v) is 8.22. The third-order valence-electron chi connectivity index (χ3n) is 8.22. The van der Waals surface area contributed by atoms with Crippen molar-refractivity contribution in [3.05, 3.63) is 139 Å². The lowest BCUT2D eigenvalue weighted by Gasteiger charge is -2.39. The molecule has 2 aromatic heterocycles. The molecule has 192 valence electrons. The van der Waals surface area contributed by atoms with Crippen LogP contribution in [0.3, 0.4) is 0 Å².